The van der Waals surface area contributed by atoms with Crippen LogP contribution in [0.2, 0.25) is 0 Å². The van der Waals surface area contributed by atoms with Crippen LogP contribution >= 0.6 is 0 Å². The maximum absolute atomic E-state index is 5.41. The molecule has 0 radical (unpaired) electrons. The van der Waals surface area contributed by atoms with Crippen molar-refractivity contribution in [1.82, 2.24) is 5.32 Å². The summed E-state index contributed by atoms with van der Waals surface area (Å²) in [6, 6.07) is 0.480. The van der Waals surface area contributed by atoms with Crippen LogP contribution in [0.25, 0.3) is 0 Å². The summed E-state index contributed by atoms with van der Waals surface area (Å²) in [4.78, 5) is 0. The summed E-state index contributed by atoms with van der Waals surface area (Å²) < 4.78 is 10.8. The molecule has 1 heterocycles. The topological polar surface area (TPSA) is 30.5 Å². The molecule has 1 N–H and O–H groups in total. The Bertz CT molecular complexity index is 146. The molecule has 0 saturated carbocycles. The van der Waals surface area contributed by atoms with Gasteiger partial charge < -0.3 is 14.8 Å². The molecule has 1 rings (SSSR count). The van der Waals surface area contributed by atoms with Crippen LogP contribution in [0, 0.1) is 5.92 Å². The van der Waals surface area contributed by atoms with Crippen molar-refractivity contribution >= 4 is 0 Å². The van der Waals surface area contributed by atoms with E-state index in [1.807, 2.05) is 0 Å². The number of rotatable bonds is 5. The summed E-state index contributed by atoms with van der Waals surface area (Å²) >= 11 is 0. The van der Waals surface area contributed by atoms with Gasteiger partial charge in [-0.2, -0.15) is 0 Å². The SMILES string of the molecule is CCNC(C1CCOCC1)C(C)OC. The number of methoxy groups -OCH3 is 1. The third kappa shape index (κ3) is 3.23. The minimum absolute atomic E-state index is 0.290. The quantitative estimate of drug-likeness (QED) is 0.730. The second-order valence-corrected chi connectivity index (χ2v) is 3.97. The fourth-order valence-corrected chi connectivity index (χ4v) is 2.17. The molecule has 1 fully saturated rings. The lowest BCUT2D eigenvalue weighted by molar-refractivity contribution is 0.0110. The Hall–Kier alpha value is -0.120. The molecular weight excluding hydrogens is 178 g/mol. The zero-order valence-corrected chi connectivity index (χ0v) is 9.58. The van der Waals surface area contributed by atoms with Crippen molar-refractivity contribution in [2.45, 2.75) is 38.8 Å². The van der Waals surface area contributed by atoms with Crippen molar-refractivity contribution in [2.24, 2.45) is 5.92 Å². The van der Waals surface area contributed by atoms with Gasteiger partial charge in [0.05, 0.1) is 6.10 Å². The molecule has 0 aromatic rings. The van der Waals surface area contributed by atoms with Gasteiger partial charge in [-0.15, -0.1) is 0 Å². The predicted octanol–water partition coefficient (Wildman–Crippen LogP) is 1.43. The van der Waals surface area contributed by atoms with E-state index >= 15 is 0 Å². The lowest BCUT2D eigenvalue weighted by Gasteiger charge is -2.34. The largest absolute Gasteiger partial charge is 0.381 e. The van der Waals surface area contributed by atoms with Gasteiger partial charge in [-0.05, 0) is 32.2 Å². The minimum Gasteiger partial charge on any atom is -0.381 e. The highest BCUT2D eigenvalue weighted by molar-refractivity contribution is 4.82. The molecule has 0 aromatic carbocycles. The van der Waals surface area contributed by atoms with E-state index in [1.165, 1.54) is 0 Å². The van der Waals surface area contributed by atoms with E-state index in [1.54, 1.807) is 7.11 Å². The highest BCUT2D eigenvalue weighted by atomic mass is 16.5. The summed E-state index contributed by atoms with van der Waals surface area (Å²) in [6.45, 7) is 7.11. The highest BCUT2D eigenvalue weighted by Crippen LogP contribution is 2.21. The standard InChI is InChI=1S/C11H23NO2/c1-4-12-11(9(2)13-3)10-5-7-14-8-6-10/h9-12H,4-8H2,1-3H3. The van der Waals surface area contributed by atoms with E-state index in [0.717, 1.165) is 32.6 Å². The molecule has 1 aliphatic heterocycles. The minimum atomic E-state index is 0.290. The molecular formula is C11H23NO2. The predicted molar refractivity (Wildman–Crippen MR) is 57.5 cm³/mol. The molecule has 1 saturated heterocycles. The van der Waals surface area contributed by atoms with Crippen LogP contribution in [0.15, 0.2) is 0 Å². The van der Waals surface area contributed by atoms with E-state index in [0.29, 0.717) is 12.0 Å². The number of hydrogen-bond acceptors (Lipinski definition) is 3. The monoisotopic (exact) mass is 201 g/mol. The second-order valence-electron chi connectivity index (χ2n) is 3.97. The first-order valence-corrected chi connectivity index (χ1v) is 5.63. The molecule has 3 heteroatoms. The van der Waals surface area contributed by atoms with Crippen molar-refractivity contribution in [3.8, 4) is 0 Å². The van der Waals surface area contributed by atoms with Crippen LogP contribution in [0.1, 0.15) is 26.7 Å². The Morgan fingerprint density at radius 3 is 2.57 bits per heavy atom. The molecule has 14 heavy (non-hydrogen) atoms. The van der Waals surface area contributed by atoms with Crippen LogP contribution in [-0.2, 0) is 9.47 Å². The zero-order valence-electron chi connectivity index (χ0n) is 9.58. The summed E-state index contributed by atoms with van der Waals surface area (Å²) in [5, 5.41) is 3.52. The van der Waals surface area contributed by atoms with E-state index < -0.39 is 0 Å². The molecule has 3 nitrogen and oxygen atoms in total. The first-order valence-electron chi connectivity index (χ1n) is 5.63. The lowest BCUT2D eigenvalue weighted by atomic mass is 9.88. The fraction of sp³-hybridized carbons (Fsp3) is 1.00. The van der Waals surface area contributed by atoms with Crippen molar-refractivity contribution < 1.29 is 9.47 Å². The van der Waals surface area contributed by atoms with Gasteiger partial charge >= 0.3 is 0 Å². The number of ether oxygens (including phenoxy) is 2. The molecule has 0 spiro atoms. The third-order valence-corrected chi connectivity index (χ3v) is 3.09. The van der Waals surface area contributed by atoms with Crippen LogP contribution in [0.4, 0.5) is 0 Å². The maximum atomic E-state index is 5.41. The third-order valence-electron chi connectivity index (χ3n) is 3.09. The van der Waals surface area contributed by atoms with Gasteiger partial charge in [0.2, 0.25) is 0 Å². The molecule has 0 aliphatic carbocycles. The van der Waals surface area contributed by atoms with Gasteiger partial charge in [-0.1, -0.05) is 6.92 Å². The fourth-order valence-electron chi connectivity index (χ4n) is 2.17. The Morgan fingerprint density at radius 1 is 1.43 bits per heavy atom. The summed E-state index contributed by atoms with van der Waals surface area (Å²) in [5.74, 6) is 0.707. The van der Waals surface area contributed by atoms with Crippen LogP contribution in [0.3, 0.4) is 0 Å². The van der Waals surface area contributed by atoms with Crippen molar-refractivity contribution in [3.63, 3.8) is 0 Å². The first-order chi connectivity index (χ1) is 6.79. The van der Waals surface area contributed by atoms with Crippen LogP contribution < -0.4 is 5.32 Å². The van der Waals surface area contributed by atoms with Gasteiger partial charge in [-0.25, -0.2) is 0 Å². The van der Waals surface area contributed by atoms with Gasteiger partial charge in [0, 0.05) is 26.4 Å². The van der Waals surface area contributed by atoms with Gasteiger partial charge in [0.25, 0.3) is 0 Å². The molecule has 0 aromatic heterocycles. The van der Waals surface area contributed by atoms with E-state index in [4.69, 9.17) is 9.47 Å². The number of likely N-dealkylation sites (N-methyl/N-ethyl adjacent to an activating group) is 1. The zero-order chi connectivity index (χ0) is 10.4. The molecule has 84 valence electrons. The van der Waals surface area contributed by atoms with Gasteiger partial charge in [0.1, 0.15) is 0 Å². The van der Waals surface area contributed by atoms with E-state index in [9.17, 15) is 0 Å². The number of nitrogens with one attached hydrogen (secondary N) is 1. The average molecular weight is 201 g/mol. The Kier molecular flexibility index (Phi) is 5.45. The maximum Gasteiger partial charge on any atom is 0.0698 e. The van der Waals surface area contributed by atoms with Crippen molar-refractivity contribution in [1.29, 1.82) is 0 Å². The summed E-state index contributed by atoms with van der Waals surface area (Å²) in [6.07, 6.45) is 2.61. The second kappa shape index (κ2) is 6.38. The van der Waals surface area contributed by atoms with Crippen molar-refractivity contribution in [3.05, 3.63) is 0 Å². The molecule has 1 aliphatic rings. The Balaban J connectivity index is 2.46. The van der Waals surface area contributed by atoms with E-state index in [-0.39, 0.29) is 6.10 Å². The van der Waals surface area contributed by atoms with E-state index in [2.05, 4.69) is 19.2 Å². The average Bonchev–Trinajstić information content (AvgIpc) is 2.26. The smallest absolute Gasteiger partial charge is 0.0698 e. The number of hydrogen-bond donors (Lipinski definition) is 1. The van der Waals surface area contributed by atoms with Crippen molar-refractivity contribution in [2.75, 3.05) is 26.9 Å². The molecule has 2 atom stereocenters. The van der Waals surface area contributed by atoms with Crippen LogP contribution in [0.5, 0.6) is 0 Å². The Labute approximate surface area is 87.2 Å². The first kappa shape index (κ1) is 12.0. The van der Waals surface area contributed by atoms with Gasteiger partial charge in [0.15, 0.2) is 0 Å². The molecule has 2 unspecified atom stereocenters. The van der Waals surface area contributed by atoms with Crippen LogP contribution in [-0.4, -0.2) is 39.0 Å². The van der Waals surface area contributed by atoms with Gasteiger partial charge in [-0.3, -0.25) is 0 Å². The Morgan fingerprint density at radius 2 is 2.07 bits per heavy atom. The summed E-state index contributed by atoms with van der Waals surface area (Å²) in [5.41, 5.74) is 0. The molecule has 0 bridgehead atoms. The molecule has 0 amide bonds. The normalized spacial score (nSPS) is 23.4. The highest BCUT2D eigenvalue weighted by Gasteiger charge is 2.27. The lowest BCUT2D eigenvalue weighted by Crippen LogP contribution is -2.46. The summed E-state index contributed by atoms with van der Waals surface area (Å²) in [7, 11) is 1.79.